The second-order valence-corrected chi connectivity index (χ2v) is 6.55. The average molecular weight is 395 g/mol. The minimum Gasteiger partial charge on any atom is -0.342 e. The summed E-state index contributed by atoms with van der Waals surface area (Å²) >= 11 is 0. The molecule has 0 saturated carbocycles. The predicted molar refractivity (Wildman–Crippen MR) is 100 cm³/mol. The van der Waals surface area contributed by atoms with Gasteiger partial charge in [0, 0.05) is 44.3 Å². The maximum Gasteiger partial charge on any atom is 0.394 e. The zero-order valence-electron chi connectivity index (χ0n) is 16.4. The highest BCUT2D eigenvalue weighted by Gasteiger charge is 2.31. The standard InChI is InChI=1S/C19H24F3N5O/c1-5-27(10-9-26(4)18-24-13(2)11-14(3)25-18)17(28)15-7-6-8-23-16(15)12-19(20,21)22/h6-8,11H,5,9-10,12H2,1-4H3. The lowest BCUT2D eigenvalue weighted by atomic mass is 10.1. The van der Waals surface area contributed by atoms with Crippen LogP contribution in [0.1, 0.15) is 34.4 Å². The minimum absolute atomic E-state index is 0.0213. The molecule has 0 saturated heterocycles. The highest BCUT2D eigenvalue weighted by atomic mass is 19.4. The van der Waals surface area contributed by atoms with Crippen molar-refractivity contribution in [2.24, 2.45) is 0 Å². The third-order valence-electron chi connectivity index (χ3n) is 4.17. The van der Waals surface area contributed by atoms with Crippen molar-refractivity contribution in [3.05, 3.63) is 47.0 Å². The molecular weight excluding hydrogens is 371 g/mol. The Morgan fingerprint density at radius 1 is 1.14 bits per heavy atom. The average Bonchev–Trinajstić information content (AvgIpc) is 2.60. The summed E-state index contributed by atoms with van der Waals surface area (Å²) in [5.74, 6) is 0.0738. The molecular formula is C19H24F3N5O. The van der Waals surface area contributed by atoms with E-state index in [4.69, 9.17) is 0 Å². The molecule has 0 N–H and O–H groups in total. The number of alkyl halides is 3. The molecule has 0 atom stereocenters. The van der Waals surface area contributed by atoms with Crippen LogP contribution in [0.3, 0.4) is 0 Å². The third kappa shape index (κ3) is 5.90. The number of aryl methyl sites for hydroxylation is 2. The Morgan fingerprint density at radius 2 is 1.79 bits per heavy atom. The molecule has 2 aromatic rings. The molecule has 152 valence electrons. The second-order valence-electron chi connectivity index (χ2n) is 6.55. The first-order chi connectivity index (χ1) is 13.1. The number of rotatable bonds is 7. The molecule has 0 unspecified atom stereocenters. The van der Waals surface area contributed by atoms with Crippen LogP contribution in [0, 0.1) is 13.8 Å². The van der Waals surface area contributed by atoms with Gasteiger partial charge in [0.15, 0.2) is 0 Å². The van der Waals surface area contributed by atoms with Crippen molar-refractivity contribution in [1.29, 1.82) is 0 Å². The first kappa shape index (κ1) is 21.6. The van der Waals surface area contributed by atoms with Crippen LogP contribution in [0.4, 0.5) is 19.1 Å². The fourth-order valence-electron chi connectivity index (χ4n) is 2.79. The number of halogens is 3. The number of carbonyl (C=O) groups excluding carboxylic acids is 1. The zero-order chi connectivity index (χ0) is 20.9. The normalized spacial score (nSPS) is 11.4. The van der Waals surface area contributed by atoms with Crippen LogP contribution >= 0.6 is 0 Å². The summed E-state index contributed by atoms with van der Waals surface area (Å²) in [6.07, 6.45) is -4.40. The lowest BCUT2D eigenvalue weighted by Gasteiger charge is -2.25. The summed E-state index contributed by atoms with van der Waals surface area (Å²) in [7, 11) is 1.81. The molecule has 0 bridgehead atoms. The van der Waals surface area contributed by atoms with E-state index in [1.54, 1.807) is 6.92 Å². The van der Waals surface area contributed by atoms with Crippen molar-refractivity contribution in [2.45, 2.75) is 33.4 Å². The van der Waals surface area contributed by atoms with Crippen LogP contribution in [0.25, 0.3) is 0 Å². The van der Waals surface area contributed by atoms with E-state index in [1.807, 2.05) is 31.9 Å². The van der Waals surface area contributed by atoms with E-state index in [2.05, 4.69) is 15.0 Å². The van der Waals surface area contributed by atoms with Crippen LogP contribution in [0.2, 0.25) is 0 Å². The summed E-state index contributed by atoms with van der Waals surface area (Å²) in [4.78, 5) is 28.6. The van der Waals surface area contributed by atoms with Crippen molar-refractivity contribution in [3.8, 4) is 0 Å². The molecule has 0 fully saturated rings. The fourth-order valence-corrected chi connectivity index (χ4v) is 2.79. The Labute approximate surface area is 162 Å². The molecule has 0 aliphatic heterocycles. The molecule has 0 aromatic carbocycles. The second kappa shape index (κ2) is 8.99. The van der Waals surface area contributed by atoms with E-state index in [1.165, 1.54) is 23.2 Å². The Bertz CT molecular complexity index is 805. The number of amides is 1. The van der Waals surface area contributed by atoms with Crippen LogP contribution < -0.4 is 4.90 Å². The SMILES string of the molecule is CCN(CCN(C)c1nc(C)cc(C)n1)C(=O)c1cccnc1CC(F)(F)F. The monoisotopic (exact) mass is 395 g/mol. The molecule has 9 heteroatoms. The number of carbonyl (C=O) groups is 1. The van der Waals surface area contributed by atoms with Gasteiger partial charge >= 0.3 is 6.18 Å². The van der Waals surface area contributed by atoms with Gasteiger partial charge in [0.1, 0.15) is 0 Å². The van der Waals surface area contributed by atoms with E-state index in [0.29, 0.717) is 25.6 Å². The van der Waals surface area contributed by atoms with Crippen molar-refractivity contribution in [3.63, 3.8) is 0 Å². The molecule has 0 aliphatic carbocycles. The van der Waals surface area contributed by atoms with E-state index >= 15 is 0 Å². The van der Waals surface area contributed by atoms with E-state index < -0.39 is 18.5 Å². The molecule has 0 spiro atoms. The predicted octanol–water partition coefficient (Wildman–Crippen LogP) is 3.19. The first-order valence-corrected chi connectivity index (χ1v) is 8.94. The number of hydrogen-bond donors (Lipinski definition) is 0. The van der Waals surface area contributed by atoms with E-state index in [-0.39, 0.29) is 11.3 Å². The van der Waals surface area contributed by atoms with Gasteiger partial charge in [-0.15, -0.1) is 0 Å². The quantitative estimate of drug-likeness (QED) is 0.721. The van der Waals surface area contributed by atoms with E-state index in [0.717, 1.165) is 11.4 Å². The van der Waals surface area contributed by atoms with Crippen molar-refractivity contribution < 1.29 is 18.0 Å². The highest BCUT2D eigenvalue weighted by molar-refractivity contribution is 5.95. The topological polar surface area (TPSA) is 62.2 Å². The Morgan fingerprint density at radius 3 is 2.36 bits per heavy atom. The van der Waals surface area contributed by atoms with Crippen LogP contribution in [-0.4, -0.2) is 58.6 Å². The fraction of sp³-hybridized carbons (Fsp3) is 0.474. The van der Waals surface area contributed by atoms with Crippen molar-refractivity contribution in [2.75, 3.05) is 31.6 Å². The van der Waals surface area contributed by atoms with Crippen LogP contribution in [0.15, 0.2) is 24.4 Å². The van der Waals surface area contributed by atoms with Gasteiger partial charge in [0.25, 0.3) is 5.91 Å². The van der Waals surface area contributed by atoms with Gasteiger partial charge in [-0.1, -0.05) is 0 Å². The molecule has 28 heavy (non-hydrogen) atoms. The molecule has 2 aromatic heterocycles. The van der Waals surface area contributed by atoms with E-state index in [9.17, 15) is 18.0 Å². The Balaban J connectivity index is 2.12. The smallest absolute Gasteiger partial charge is 0.342 e. The number of likely N-dealkylation sites (N-methyl/N-ethyl adjacent to an activating group) is 2. The van der Waals surface area contributed by atoms with Gasteiger partial charge in [-0.05, 0) is 39.0 Å². The van der Waals surface area contributed by atoms with Crippen molar-refractivity contribution in [1.82, 2.24) is 19.9 Å². The molecule has 6 nitrogen and oxygen atoms in total. The number of pyridine rings is 1. The Hall–Kier alpha value is -2.71. The largest absolute Gasteiger partial charge is 0.394 e. The van der Waals surface area contributed by atoms with Gasteiger partial charge in [0.2, 0.25) is 5.95 Å². The molecule has 0 aliphatic rings. The summed E-state index contributed by atoms with van der Waals surface area (Å²) < 4.78 is 38.4. The Kier molecular flexibility index (Phi) is 6.93. The molecule has 2 heterocycles. The van der Waals surface area contributed by atoms with Gasteiger partial charge < -0.3 is 9.80 Å². The summed E-state index contributed by atoms with van der Waals surface area (Å²) in [6, 6.07) is 4.72. The maximum absolute atomic E-state index is 12.8. The third-order valence-corrected chi connectivity index (χ3v) is 4.17. The number of hydrogen-bond acceptors (Lipinski definition) is 5. The van der Waals surface area contributed by atoms with Gasteiger partial charge in [-0.2, -0.15) is 13.2 Å². The maximum atomic E-state index is 12.8. The van der Waals surface area contributed by atoms with Crippen LogP contribution in [-0.2, 0) is 6.42 Å². The molecule has 0 radical (unpaired) electrons. The summed E-state index contributed by atoms with van der Waals surface area (Å²) in [5, 5.41) is 0. The first-order valence-electron chi connectivity index (χ1n) is 8.94. The number of nitrogens with zero attached hydrogens (tertiary/aromatic N) is 5. The highest BCUT2D eigenvalue weighted by Crippen LogP contribution is 2.22. The lowest BCUT2D eigenvalue weighted by Crippen LogP contribution is -2.38. The summed E-state index contributed by atoms with van der Waals surface area (Å²) in [5.41, 5.74) is 1.39. The van der Waals surface area contributed by atoms with Gasteiger partial charge in [-0.3, -0.25) is 9.78 Å². The van der Waals surface area contributed by atoms with Crippen LogP contribution in [0.5, 0.6) is 0 Å². The zero-order valence-corrected chi connectivity index (χ0v) is 16.4. The molecule has 2 rings (SSSR count). The van der Waals surface area contributed by atoms with Crippen molar-refractivity contribution >= 4 is 11.9 Å². The number of aromatic nitrogens is 3. The lowest BCUT2D eigenvalue weighted by molar-refractivity contribution is -0.127. The number of anilines is 1. The molecule has 1 amide bonds. The van der Waals surface area contributed by atoms with Gasteiger partial charge in [-0.25, -0.2) is 9.97 Å². The minimum atomic E-state index is -4.43. The van der Waals surface area contributed by atoms with Gasteiger partial charge in [0.05, 0.1) is 17.7 Å². The summed E-state index contributed by atoms with van der Waals surface area (Å²) in [6.45, 7) is 6.66.